The number of amides is 1. The molecule has 1 amide bonds. The number of benzene rings is 1. The molecule has 1 aliphatic heterocycles. The van der Waals surface area contributed by atoms with Crippen molar-refractivity contribution in [2.24, 2.45) is 0 Å². The van der Waals surface area contributed by atoms with Crippen LogP contribution >= 0.6 is 0 Å². The molecule has 1 heterocycles. The van der Waals surface area contributed by atoms with E-state index in [0.717, 1.165) is 25.9 Å². The molecule has 0 aromatic heterocycles. The maximum atomic E-state index is 12.2. The van der Waals surface area contributed by atoms with Crippen molar-refractivity contribution < 1.29 is 4.79 Å². The van der Waals surface area contributed by atoms with Gasteiger partial charge in [0, 0.05) is 6.04 Å². The Hall–Kier alpha value is -1.39. The van der Waals surface area contributed by atoms with Gasteiger partial charge in [-0.25, -0.2) is 0 Å². The molecule has 1 atom stereocenters. The third kappa shape index (κ3) is 4.55. The van der Waals surface area contributed by atoms with Crippen molar-refractivity contribution in [2.45, 2.75) is 38.8 Å². The van der Waals surface area contributed by atoms with Gasteiger partial charge in [-0.1, -0.05) is 24.3 Å². The highest BCUT2D eigenvalue weighted by Gasteiger charge is 2.20. The third-order valence-corrected chi connectivity index (χ3v) is 4.36. The lowest BCUT2D eigenvalue weighted by molar-refractivity contribution is -0.123. The van der Waals surface area contributed by atoms with Crippen LogP contribution in [0.3, 0.4) is 0 Å². The van der Waals surface area contributed by atoms with E-state index in [1.165, 1.54) is 11.1 Å². The van der Waals surface area contributed by atoms with Crippen LogP contribution in [-0.2, 0) is 4.79 Å². The highest BCUT2D eigenvalue weighted by Crippen LogP contribution is 2.16. The highest BCUT2D eigenvalue weighted by atomic mass is 16.2. The second-order valence-corrected chi connectivity index (χ2v) is 6.04. The molecule has 21 heavy (non-hydrogen) atoms. The molecule has 1 unspecified atom stereocenters. The van der Waals surface area contributed by atoms with Gasteiger partial charge < -0.3 is 10.6 Å². The minimum Gasteiger partial charge on any atom is -0.348 e. The molecular formula is C17H27N3O. The van der Waals surface area contributed by atoms with Crippen molar-refractivity contribution in [3.05, 3.63) is 35.4 Å². The summed E-state index contributed by atoms with van der Waals surface area (Å²) in [5, 5.41) is 6.47. The number of carbonyl (C=O) groups is 1. The van der Waals surface area contributed by atoms with E-state index in [0.29, 0.717) is 12.6 Å². The Kier molecular flexibility index (Phi) is 5.76. The number of piperidine rings is 1. The summed E-state index contributed by atoms with van der Waals surface area (Å²) in [6.07, 6.45) is 2.24. The smallest absolute Gasteiger partial charge is 0.234 e. The molecule has 0 aliphatic carbocycles. The number of hydrogen-bond acceptors (Lipinski definition) is 3. The monoisotopic (exact) mass is 289 g/mol. The molecule has 1 aromatic carbocycles. The molecule has 2 rings (SSSR count). The Bertz CT molecular complexity index is 469. The molecule has 0 radical (unpaired) electrons. The van der Waals surface area contributed by atoms with Crippen LogP contribution in [0.1, 0.15) is 36.9 Å². The van der Waals surface area contributed by atoms with Crippen LogP contribution in [0.15, 0.2) is 24.3 Å². The summed E-state index contributed by atoms with van der Waals surface area (Å²) in [6.45, 7) is 6.71. The van der Waals surface area contributed by atoms with Crippen LogP contribution in [-0.4, -0.2) is 43.5 Å². The Balaban J connectivity index is 1.85. The summed E-state index contributed by atoms with van der Waals surface area (Å²) in [5.74, 6) is 0.104. The van der Waals surface area contributed by atoms with E-state index in [2.05, 4.69) is 34.6 Å². The predicted octanol–water partition coefficient (Wildman–Crippen LogP) is 1.86. The zero-order valence-electron chi connectivity index (χ0n) is 13.4. The predicted molar refractivity (Wildman–Crippen MR) is 86.3 cm³/mol. The topological polar surface area (TPSA) is 44.4 Å². The van der Waals surface area contributed by atoms with E-state index in [1.807, 2.05) is 26.1 Å². The maximum absolute atomic E-state index is 12.2. The minimum atomic E-state index is 0.0557. The number of nitrogens with zero attached hydrogens (tertiary/aromatic N) is 1. The zero-order valence-corrected chi connectivity index (χ0v) is 13.4. The van der Waals surface area contributed by atoms with Crippen LogP contribution in [0.5, 0.6) is 0 Å². The second-order valence-electron chi connectivity index (χ2n) is 6.04. The lowest BCUT2D eigenvalue weighted by Gasteiger charge is -2.31. The van der Waals surface area contributed by atoms with Crippen LogP contribution in [0.2, 0.25) is 0 Å². The molecule has 1 fully saturated rings. The number of likely N-dealkylation sites (N-methyl/N-ethyl adjacent to an activating group) is 1. The summed E-state index contributed by atoms with van der Waals surface area (Å²) < 4.78 is 0. The standard InChI is InChI=1S/C17H27N3O/c1-13-6-4-5-7-16(13)14(2)19-17(21)12-20(3)15-8-10-18-11-9-15/h4-7,14-15,18H,8-12H2,1-3H3,(H,19,21). The van der Waals surface area contributed by atoms with Crippen molar-refractivity contribution in [1.29, 1.82) is 0 Å². The molecule has 0 spiro atoms. The van der Waals surface area contributed by atoms with E-state index in [1.54, 1.807) is 0 Å². The minimum absolute atomic E-state index is 0.0557. The fraction of sp³-hybridized carbons (Fsp3) is 0.588. The van der Waals surface area contributed by atoms with Gasteiger partial charge in [-0.2, -0.15) is 0 Å². The molecule has 1 aromatic rings. The van der Waals surface area contributed by atoms with Gasteiger partial charge in [0.2, 0.25) is 5.91 Å². The van der Waals surface area contributed by atoms with Crippen LogP contribution < -0.4 is 10.6 Å². The van der Waals surface area contributed by atoms with Crippen molar-refractivity contribution >= 4 is 5.91 Å². The first-order valence-corrected chi connectivity index (χ1v) is 7.83. The maximum Gasteiger partial charge on any atom is 0.234 e. The van der Waals surface area contributed by atoms with Gasteiger partial charge >= 0.3 is 0 Å². The lowest BCUT2D eigenvalue weighted by Crippen LogP contribution is -2.45. The molecule has 2 N–H and O–H groups in total. The Morgan fingerprint density at radius 2 is 2.05 bits per heavy atom. The van der Waals surface area contributed by atoms with Gasteiger partial charge in [0.1, 0.15) is 0 Å². The Morgan fingerprint density at radius 3 is 2.71 bits per heavy atom. The van der Waals surface area contributed by atoms with E-state index in [9.17, 15) is 4.79 Å². The normalized spacial score (nSPS) is 17.7. The quantitative estimate of drug-likeness (QED) is 0.869. The van der Waals surface area contributed by atoms with Gasteiger partial charge in [0.05, 0.1) is 12.6 Å². The molecule has 1 aliphatic rings. The zero-order chi connectivity index (χ0) is 15.2. The highest BCUT2D eigenvalue weighted by molar-refractivity contribution is 5.78. The van der Waals surface area contributed by atoms with Gasteiger partial charge in [0.25, 0.3) is 0 Å². The molecule has 116 valence electrons. The van der Waals surface area contributed by atoms with E-state index >= 15 is 0 Å². The summed E-state index contributed by atoms with van der Waals surface area (Å²) in [5.41, 5.74) is 2.41. The second kappa shape index (κ2) is 7.57. The summed E-state index contributed by atoms with van der Waals surface area (Å²) in [6, 6.07) is 8.78. The number of hydrogen-bond donors (Lipinski definition) is 2. The average Bonchev–Trinajstić information content (AvgIpc) is 2.48. The number of nitrogens with one attached hydrogen (secondary N) is 2. The Labute approximate surface area is 127 Å². The fourth-order valence-corrected chi connectivity index (χ4v) is 3.04. The van der Waals surface area contributed by atoms with Gasteiger partial charge in [0.15, 0.2) is 0 Å². The fourth-order valence-electron chi connectivity index (χ4n) is 3.04. The van der Waals surface area contributed by atoms with Gasteiger partial charge in [-0.15, -0.1) is 0 Å². The molecule has 4 nitrogen and oxygen atoms in total. The van der Waals surface area contributed by atoms with E-state index < -0.39 is 0 Å². The summed E-state index contributed by atoms with van der Waals surface area (Å²) >= 11 is 0. The van der Waals surface area contributed by atoms with Crippen LogP contribution in [0.4, 0.5) is 0 Å². The summed E-state index contributed by atoms with van der Waals surface area (Å²) in [4.78, 5) is 14.4. The Morgan fingerprint density at radius 1 is 1.38 bits per heavy atom. The van der Waals surface area contributed by atoms with Gasteiger partial charge in [-0.3, -0.25) is 9.69 Å². The lowest BCUT2D eigenvalue weighted by atomic mass is 10.0. The SMILES string of the molecule is Cc1ccccc1C(C)NC(=O)CN(C)C1CCNCC1. The number of rotatable bonds is 5. The van der Waals surface area contributed by atoms with Crippen molar-refractivity contribution in [1.82, 2.24) is 15.5 Å². The van der Waals surface area contributed by atoms with Crippen molar-refractivity contribution in [3.8, 4) is 0 Å². The largest absolute Gasteiger partial charge is 0.348 e. The van der Waals surface area contributed by atoms with E-state index in [4.69, 9.17) is 0 Å². The van der Waals surface area contributed by atoms with Crippen molar-refractivity contribution in [3.63, 3.8) is 0 Å². The third-order valence-electron chi connectivity index (χ3n) is 4.36. The average molecular weight is 289 g/mol. The molecule has 0 saturated carbocycles. The molecular weight excluding hydrogens is 262 g/mol. The van der Waals surface area contributed by atoms with Gasteiger partial charge in [-0.05, 0) is 58.0 Å². The molecule has 1 saturated heterocycles. The van der Waals surface area contributed by atoms with Crippen LogP contribution in [0.25, 0.3) is 0 Å². The van der Waals surface area contributed by atoms with E-state index in [-0.39, 0.29) is 11.9 Å². The van der Waals surface area contributed by atoms with Crippen molar-refractivity contribution in [2.75, 3.05) is 26.7 Å². The first kappa shape index (κ1) is 16.0. The molecule has 0 bridgehead atoms. The van der Waals surface area contributed by atoms with Crippen LogP contribution in [0, 0.1) is 6.92 Å². The molecule has 4 heteroatoms. The first-order valence-electron chi connectivity index (χ1n) is 7.83. The number of aryl methyl sites for hydroxylation is 1. The first-order chi connectivity index (χ1) is 10.1. The number of carbonyl (C=O) groups excluding carboxylic acids is 1. The summed E-state index contributed by atoms with van der Waals surface area (Å²) in [7, 11) is 2.05.